The number of aromatic amines is 2. The number of imidazole rings is 1. The lowest BCUT2D eigenvalue weighted by molar-refractivity contribution is 0.631. The first kappa shape index (κ1) is 17.5. The number of aromatic nitrogens is 6. The first-order valence-electron chi connectivity index (χ1n) is 9.77. The summed E-state index contributed by atoms with van der Waals surface area (Å²) in [6, 6.07) is 20.2. The van der Waals surface area contributed by atoms with Gasteiger partial charge in [-0.2, -0.15) is 5.10 Å². The average molecular weight is 406 g/mol. The topological polar surface area (TPSA) is 83.1 Å². The Morgan fingerprint density at radius 2 is 1.68 bits per heavy atom. The van der Waals surface area contributed by atoms with Crippen LogP contribution in [0.3, 0.4) is 0 Å². The minimum Gasteiger partial charge on any atom is -0.336 e. The smallest absolute Gasteiger partial charge is 0.159 e. The summed E-state index contributed by atoms with van der Waals surface area (Å²) in [5.41, 5.74) is 5.71. The molecule has 6 nitrogen and oxygen atoms in total. The number of nitrogens with zero attached hydrogens (tertiary/aromatic N) is 4. The molecule has 2 aromatic carbocycles. The van der Waals surface area contributed by atoms with Gasteiger partial charge >= 0.3 is 0 Å². The monoisotopic (exact) mass is 406 g/mol. The largest absolute Gasteiger partial charge is 0.336 e. The van der Waals surface area contributed by atoms with Crippen LogP contribution < -0.4 is 0 Å². The van der Waals surface area contributed by atoms with Crippen LogP contribution in [0.5, 0.6) is 0 Å². The lowest BCUT2D eigenvalue weighted by Crippen LogP contribution is -1.89. The third-order valence-corrected chi connectivity index (χ3v) is 5.28. The van der Waals surface area contributed by atoms with Crippen LogP contribution in [0.25, 0.3) is 56.0 Å². The van der Waals surface area contributed by atoms with Gasteiger partial charge in [0.2, 0.25) is 0 Å². The highest BCUT2D eigenvalue weighted by Gasteiger charge is 2.17. The number of hydrogen-bond acceptors (Lipinski definition) is 4. The van der Waals surface area contributed by atoms with E-state index in [4.69, 9.17) is 4.98 Å². The molecule has 0 radical (unpaired) electrons. The Labute approximate surface area is 175 Å². The second-order valence-electron chi connectivity index (χ2n) is 7.17. The molecule has 31 heavy (non-hydrogen) atoms. The molecule has 0 spiro atoms. The molecule has 0 saturated carbocycles. The second-order valence-corrected chi connectivity index (χ2v) is 7.17. The summed E-state index contributed by atoms with van der Waals surface area (Å²) in [6.07, 6.45) is 3.42. The number of H-pyrrole nitrogens is 2. The van der Waals surface area contributed by atoms with E-state index in [1.807, 2.05) is 42.5 Å². The molecular formula is C24H15FN6. The molecule has 148 valence electrons. The number of pyridine rings is 2. The normalized spacial score (nSPS) is 11.4. The highest BCUT2D eigenvalue weighted by atomic mass is 19.1. The minimum atomic E-state index is -0.336. The van der Waals surface area contributed by atoms with Crippen LogP contribution in [0.1, 0.15) is 0 Å². The van der Waals surface area contributed by atoms with Gasteiger partial charge in [0, 0.05) is 28.9 Å². The van der Waals surface area contributed by atoms with Gasteiger partial charge in [-0.1, -0.05) is 24.3 Å². The van der Waals surface area contributed by atoms with Crippen LogP contribution in [0.15, 0.2) is 79.1 Å². The predicted molar refractivity (Wildman–Crippen MR) is 118 cm³/mol. The van der Waals surface area contributed by atoms with Gasteiger partial charge in [0.1, 0.15) is 22.7 Å². The predicted octanol–water partition coefficient (Wildman–Crippen LogP) is 5.37. The summed E-state index contributed by atoms with van der Waals surface area (Å²) >= 11 is 0. The van der Waals surface area contributed by atoms with Crippen molar-refractivity contribution < 1.29 is 4.39 Å². The molecule has 0 saturated heterocycles. The third-order valence-electron chi connectivity index (χ3n) is 5.28. The van der Waals surface area contributed by atoms with Gasteiger partial charge in [0.05, 0.1) is 16.7 Å². The van der Waals surface area contributed by atoms with E-state index in [0.29, 0.717) is 28.3 Å². The Kier molecular flexibility index (Phi) is 3.86. The van der Waals surface area contributed by atoms with Crippen LogP contribution in [0.2, 0.25) is 0 Å². The van der Waals surface area contributed by atoms with Crippen LogP contribution >= 0.6 is 0 Å². The maximum Gasteiger partial charge on any atom is 0.159 e. The lowest BCUT2D eigenvalue weighted by Gasteiger charge is -2.02. The first-order chi connectivity index (χ1) is 15.3. The van der Waals surface area contributed by atoms with Gasteiger partial charge in [0.15, 0.2) is 5.82 Å². The zero-order chi connectivity index (χ0) is 20.8. The van der Waals surface area contributed by atoms with Gasteiger partial charge < -0.3 is 4.98 Å². The fourth-order valence-electron chi connectivity index (χ4n) is 3.79. The molecule has 7 heteroatoms. The summed E-state index contributed by atoms with van der Waals surface area (Å²) < 4.78 is 14.4. The van der Waals surface area contributed by atoms with Crippen molar-refractivity contribution in [2.75, 3.05) is 0 Å². The molecule has 6 aromatic rings. The molecule has 0 aliphatic carbocycles. The molecule has 0 bridgehead atoms. The Hall–Kier alpha value is -4.39. The summed E-state index contributed by atoms with van der Waals surface area (Å²) in [5.74, 6) is 0.252. The molecule has 0 unspecified atom stereocenters. The SMILES string of the molecule is Fc1ccccc1-c1nccc2[nH]c(-c3n[nH]c4ccc(-c5ccccn5)cc34)nc12. The summed E-state index contributed by atoms with van der Waals surface area (Å²) in [7, 11) is 0. The van der Waals surface area contributed by atoms with E-state index in [1.54, 1.807) is 30.6 Å². The number of benzene rings is 2. The summed E-state index contributed by atoms with van der Waals surface area (Å²) in [6.45, 7) is 0. The van der Waals surface area contributed by atoms with Crippen LogP contribution in [0.4, 0.5) is 4.39 Å². The molecule has 2 N–H and O–H groups in total. The molecule has 0 fully saturated rings. The average Bonchev–Trinajstić information content (AvgIpc) is 3.43. The lowest BCUT2D eigenvalue weighted by atomic mass is 10.1. The van der Waals surface area contributed by atoms with Crippen LogP contribution in [-0.4, -0.2) is 30.1 Å². The van der Waals surface area contributed by atoms with E-state index < -0.39 is 0 Å². The van der Waals surface area contributed by atoms with Crippen molar-refractivity contribution >= 4 is 21.9 Å². The van der Waals surface area contributed by atoms with Crippen molar-refractivity contribution in [3.63, 3.8) is 0 Å². The standard InChI is InChI=1S/C24H15FN6/c25-17-6-2-1-5-15(17)21-23-20(10-12-27-21)28-24(29-23)22-16-13-14(8-9-19(16)30-31-22)18-7-3-4-11-26-18/h1-13H,(H,28,29)(H,30,31). The Balaban J connectivity index is 1.53. The van der Waals surface area contributed by atoms with Gasteiger partial charge in [-0.25, -0.2) is 9.37 Å². The number of hydrogen-bond donors (Lipinski definition) is 2. The van der Waals surface area contributed by atoms with E-state index in [2.05, 4.69) is 25.1 Å². The highest BCUT2D eigenvalue weighted by molar-refractivity contribution is 5.97. The summed E-state index contributed by atoms with van der Waals surface area (Å²) in [4.78, 5) is 16.9. The molecular weight excluding hydrogens is 391 g/mol. The maximum atomic E-state index is 14.4. The van der Waals surface area contributed by atoms with Crippen molar-refractivity contribution in [1.82, 2.24) is 30.1 Å². The summed E-state index contributed by atoms with van der Waals surface area (Å²) in [5, 5.41) is 8.46. The van der Waals surface area contributed by atoms with Gasteiger partial charge in [-0.05, 0) is 42.5 Å². The maximum absolute atomic E-state index is 14.4. The van der Waals surface area contributed by atoms with E-state index in [9.17, 15) is 4.39 Å². The van der Waals surface area contributed by atoms with Crippen molar-refractivity contribution in [2.45, 2.75) is 0 Å². The van der Waals surface area contributed by atoms with E-state index in [1.165, 1.54) is 6.07 Å². The van der Waals surface area contributed by atoms with Crippen molar-refractivity contribution in [3.8, 4) is 34.0 Å². The highest BCUT2D eigenvalue weighted by Crippen LogP contribution is 2.32. The fraction of sp³-hybridized carbons (Fsp3) is 0. The van der Waals surface area contributed by atoms with Gasteiger partial charge in [0.25, 0.3) is 0 Å². The molecule has 0 aliphatic heterocycles. The number of rotatable bonds is 3. The van der Waals surface area contributed by atoms with Crippen LogP contribution in [-0.2, 0) is 0 Å². The molecule has 4 heterocycles. The molecule has 0 atom stereocenters. The molecule has 4 aromatic heterocycles. The first-order valence-corrected chi connectivity index (χ1v) is 9.77. The fourth-order valence-corrected chi connectivity index (χ4v) is 3.79. The zero-order valence-corrected chi connectivity index (χ0v) is 16.2. The van der Waals surface area contributed by atoms with Gasteiger partial charge in [-0.3, -0.25) is 15.1 Å². The number of halogens is 1. The quantitative estimate of drug-likeness (QED) is 0.414. The van der Waals surface area contributed by atoms with Crippen molar-refractivity contribution in [3.05, 3.63) is 84.9 Å². The Morgan fingerprint density at radius 3 is 2.55 bits per heavy atom. The number of nitrogens with one attached hydrogen (secondary N) is 2. The van der Waals surface area contributed by atoms with Crippen molar-refractivity contribution in [2.24, 2.45) is 0 Å². The van der Waals surface area contributed by atoms with E-state index in [-0.39, 0.29) is 5.82 Å². The van der Waals surface area contributed by atoms with Crippen LogP contribution in [0, 0.1) is 5.82 Å². The van der Waals surface area contributed by atoms with Crippen molar-refractivity contribution in [1.29, 1.82) is 0 Å². The second kappa shape index (κ2) is 6.84. The zero-order valence-electron chi connectivity index (χ0n) is 16.2. The van der Waals surface area contributed by atoms with E-state index >= 15 is 0 Å². The van der Waals surface area contributed by atoms with Gasteiger partial charge in [-0.15, -0.1) is 0 Å². The Bertz CT molecular complexity index is 1550. The molecule has 0 amide bonds. The minimum absolute atomic E-state index is 0.336. The molecule has 6 rings (SSSR count). The number of fused-ring (bicyclic) bond motifs is 2. The third kappa shape index (κ3) is 2.86. The van der Waals surface area contributed by atoms with E-state index in [0.717, 1.165) is 27.7 Å². The molecule has 0 aliphatic rings. The Morgan fingerprint density at radius 1 is 0.774 bits per heavy atom.